The van der Waals surface area contributed by atoms with E-state index in [1.165, 1.54) is 24.8 Å². The Hall–Kier alpha value is -0.910. The quantitative estimate of drug-likeness (QED) is 0.311. The highest BCUT2D eigenvalue weighted by Gasteiger charge is 2.73. The predicted octanol–water partition coefficient (Wildman–Crippen LogP) is 5.82. The number of carboxylic acids is 1. The number of allylic oxidation sites excluding steroid dienone is 2. The first-order valence-electron chi connectivity index (χ1n) is 11.4. The molecule has 1 aliphatic carbocycles. The molecule has 29 heavy (non-hydrogen) atoms. The molecule has 0 radical (unpaired) electrons. The van der Waals surface area contributed by atoms with Crippen molar-refractivity contribution in [2.75, 3.05) is 0 Å². The summed E-state index contributed by atoms with van der Waals surface area (Å²) < 4.78 is 6.37. The van der Waals surface area contributed by atoms with Crippen LogP contribution in [0.15, 0.2) is 11.6 Å². The SMILES string of the molecule is CC(=CCCC1(C)CCC(C(C)C(=O)O)OO1)CCC12OC1(C)CCCC2(C)C. The van der Waals surface area contributed by atoms with Crippen LogP contribution in [0, 0.1) is 11.3 Å². The Morgan fingerprint density at radius 2 is 1.90 bits per heavy atom. The van der Waals surface area contributed by atoms with E-state index in [0.29, 0.717) is 0 Å². The molecule has 1 saturated carbocycles. The second-order valence-electron chi connectivity index (χ2n) is 10.8. The van der Waals surface area contributed by atoms with Gasteiger partial charge < -0.3 is 9.84 Å². The predicted molar refractivity (Wildman–Crippen MR) is 112 cm³/mol. The van der Waals surface area contributed by atoms with Crippen molar-refractivity contribution in [1.29, 1.82) is 0 Å². The summed E-state index contributed by atoms with van der Waals surface area (Å²) in [4.78, 5) is 22.2. The lowest BCUT2D eigenvalue weighted by Crippen LogP contribution is -2.42. The third kappa shape index (κ3) is 4.42. The van der Waals surface area contributed by atoms with E-state index in [0.717, 1.165) is 38.5 Å². The summed E-state index contributed by atoms with van der Waals surface area (Å²) in [5.41, 5.74) is 1.46. The zero-order chi connectivity index (χ0) is 21.5. The number of aliphatic carboxylic acids is 1. The Morgan fingerprint density at radius 3 is 2.48 bits per heavy atom. The van der Waals surface area contributed by atoms with Gasteiger partial charge in [-0.15, -0.1) is 0 Å². The molecule has 0 aromatic rings. The number of carboxylic acid groups (broad SMARTS) is 1. The van der Waals surface area contributed by atoms with E-state index >= 15 is 0 Å². The van der Waals surface area contributed by atoms with Gasteiger partial charge in [-0.2, -0.15) is 0 Å². The first-order valence-corrected chi connectivity index (χ1v) is 11.4. The van der Waals surface area contributed by atoms with Gasteiger partial charge in [-0.3, -0.25) is 4.79 Å². The molecule has 3 rings (SSSR count). The van der Waals surface area contributed by atoms with Gasteiger partial charge in [0.05, 0.1) is 11.5 Å². The molecule has 5 heteroatoms. The van der Waals surface area contributed by atoms with Gasteiger partial charge in [-0.1, -0.05) is 25.5 Å². The van der Waals surface area contributed by atoms with Crippen LogP contribution in [0.3, 0.4) is 0 Å². The molecule has 3 fully saturated rings. The molecule has 2 saturated heterocycles. The smallest absolute Gasteiger partial charge is 0.308 e. The lowest BCUT2D eigenvalue weighted by molar-refractivity contribution is -0.411. The molecule has 0 spiro atoms. The standard InChI is InChI=1S/C24H40O5/c1-17(10-16-24-21(3,4)12-8-14-23(24,6)28-24)9-7-13-22(5)15-11-19(27-29-22)18(2)20(25)26/h9,18-19H,7-8,10-16H2,1-6H3,(H,25,26). The highest BCUT2D eigenvalue weighted by atomic mass is 17.2. The Bertz CT molecular complexity index is 646. The molecule has 0 aromatic heterocycles. The maximum Gasteiger partial charge on any atom is 0.308 e. The van der Waals surface area contributed by atoms with Crippen molar-refractivity contribution in [2.45, 2.75) is 122 Å². The van der Waals surface area contributed by atoms with Crippen molar-refractivity contribution < 1.29 is 24.4 Å². The van der Waals surface area contributed by atoms with Crippen LogP contribution in [0.2, 0.25) is 0 Å². The fourth-order valence-corrected chi connectivity index (χ4v) is 5.66. The highest BCUT2D eigenvalue weighted by Crippen LogP contribution is 2.67. The van der Waals surface area contributed by atoms with Crippen molar-refractivity contribution in [2.24, 2.45) is 11.3 Å². The topological polar surface area (TPSA) is 68.3 Å². The third-order valence-corrected chi connectivity index (χ3v) is 8.08. The number of epoxide rings is 1. The van der Waals surface area contributed by atoms with Crippen molar-refractivity contribution in [3.8, 4) is 0 Å². The van der Waals surface area contributed by atoms with Gasteiger partial charge in [-0.05, 0) is 90.9 Å². The van der Waals surface area contributed by atoms with E-state index in [-0.39, 0.29) is 28.3 Å². The lowest BCUT2D eigenvalue weighted by atomic mass is 9.62. The Kier molecular flexibility index (Phi) is 6.26. The van der Waals surface area contributed by atoms with Crippen LogP contribution < -0.4 is 0 Å². The van der Waals surface area contributed by atoms with Crippen LogP contribution >= 0.6 is 0 Å². The van der Waals surface area contributed by atoms with Gasteiger partial charge in [0.25, 0.3) is 0 Å². The number of ether oxygens (including phenoxy) is 1. The van der Waals surface area contributed by atoms with Crippen LogP contribution in [0.5, 0.6) is 0 Å². The summed E-state index contributed by atoms with van der Waals surface area (Å²) in [6.45, 7) is 13.0. The van der Waals surface area contributed by atoms with Gasteiger partial charge in [-0.25, -0.2) is 9.78 Å². The summed E-state index contributed by atoms with van der Waals surface area (Å²) in [6, 6.07) is 0. The maximum absolute atomic E-state index is 11.1. The number of carbonyl (C=O) groups is 1. The highest BCUT2D eigenvalue weighted by molar-refractivity contribution is 5.70. The van der Waals surface area contributed by atoms with Crippen LogP contribution in [0.1, 0.15) is 99.3 Å². The van der Waals surface area contributed by atoms with E-state index in [1.54, 1.807) is 6.92 Å². The first kappa shape index (κ1) is 22.8. The molecule has 5 nitrogen and oxygen atoms in total. The molecule has 166 valence electrons. The normalized spacial score (nSPS) is 40.2. The molecular formula is C24H40O5. The Morgan fingerprint density at radius 1 is 1.17 bits per heavy atom. The molecule has 2 heterocycles. The molecule has 2 aliphatic heterocycles. The van der Waals surface area contributed by atoms with Gasteiger partial charge >= 0.3 is 5.97 Å². The van der Waals surface area contributed by atoms with E-state index in [4.69, 9.17) is 19.6 Å². The largest absolute Gasteiger partial charge is 0.481 e. The van der Waals surface area contributed by atoms with E-state index < -0.39 is 11.9 Å². The van der Waals surface area contributed by atoms with Crippen molar-refractivity contribution >= 4 is 5.97 Å². The van der Waals surface area contributed by atoms with Crippen molar-refractivity contribution in [3.05, 3.63) is 11.6 Å². The summed E-state index contributed by atoms with van der Waals surface area (Å²) in [5, 5.41) is 9.13. The Labute approximate surface area is 176 Å². The fraction of sp³-hybridized carbons (Fsp3) is 0.875. The molecule has 5 unspecified atom stereocenters. The van der Waals surface area contributed by atoms with E-state index in [2.05, 4.69) is 40.7 Å². The van der Waals surface area contributed by atoms with Crippen LogP contribution in [-0.2, 0) is 19.3 Å². The van der Waals surface area contributed by atoms with Crippen LogP contribution in [-0.4, -0.2) is 34.0 Å². The summed E-state index contributed by atoms with van der Waals surface area (Å²) in [5.74, 6) is -1.38. The molecule has 0 bridgehead atoms. The van der Waals surface area contributed by atoms with E-state index in [9.17, 15) is 4.79 Å². The van der Waals surface area contributed by atoms with Gasteiger partial charge in [0.1, 0.15) is 17.3 Å². The molecule has 1 N–H and O–H groups in total. The molecule has 0 amide bonds. The van der Waals surface area contributed by atoms with Gasteiger partial charge in [0.15, 0.2) is 0 Å². The monoisotopic (exact) mass is 408 g/mol. The maximum atomic E-state index is 11.1. The molecular weight excluding hydrogens is 368 g/mol. The zero-order valence-electron chi connectivity index (χ0n) is 19.2. The number of fused-ring (bicyclic) bond motifs is 1. The minimum absolute atomic E-state index is 0.0511. The molecule has 5 atom stereocenters. The lowest BCUT2D eigenvalue weighted by Gasteiger charge is -2.38. The second-order valence-corrected chi connectivity index (χ2v) is 10.8. The minimum atomic E-state index is -0.836. The minimum Gasteiger partial charge on any atom is -0.481 e. The van der Waals surface area contributed by atoms with Crippen molar-refractivity contribution in [1.82, 2.24) is 0 Å². The second kappa shape index (κ2) is 7.97. The van der Waals surface area contributed by atoms with Gasteiger partial charge in [0, 0.05) is 0 Å². The number of hydrogen-bond acceptors (Lipinski definition) is 4. The van der Waals surface area contributed by atoms with Crippen LogP contribution in [0.4, 0.5) is 0 Å². The molecule has 3 aliphatic rings. The number of rotatable bonds is 8. The van der Waals surface area contributed by atoms with Crippen molar-refractivity contribution in [3.63, 3.8) is 0 Å². The number of hydrogen-bond donors (Lipinski definition) is 1. The first-order chi connectivity index (χ1) is 13.4. The Balaban J connectivity index is 1.45. The van der Waals surface area contributed by atoms with Gasteiger partial charge in [0.2, 0.25) is 0 Å². The molecule has 0 aromatic carbocycles. The summed E-state index contributed by atoms with van der Waals surface area (Å²) >= 11 is 0. The van der Waals surface area contributed by atoms with E-state index in [1.807, 2.05) is 0 Å². The van der Waals surface area contributed by atoms with Crippen LogP contribution in [0.25, 0.3) is 0 Å². The summed E-state index contributed by atoms with van der Waals surface area (Å²) in [6.07, 6.45) is 11.2. The fourth-order valence-electron chi connectivity index (χ4n) is 5.66. The average Bonchev–Trinajstić information content (AvgIpc) is 3.27. The summed E-state index contributed by atoms with van der Waals surface area (Å²) in [7, 11) is 0. The average molecular weight is 409 g/mol. The zero-order valence-corrected chi connectivity index (χ0v) is 19.2. The third-order valence-electron chi connectivity index (χ3n) is 8.08.